The molecule has 0 aromatic carbocycles. The summed E-state index contributed by atoms with van der Waals surface area (Å²) in [5.41, 5.74) is 1.37. The van der Waals surface area contributed by atoms with E-state index >= 15 is 0 Å². The second-order valence-electron chi connectivity index (χ2n) is 4.36. The molecule has 2 nitrogen and oxygen atoms in total. The summed E-state index contributed by atoms with van der Waals surface area (Å²) in [6.45, 7) is 5.34. The number of rotatable bonds is 3. The highest BCUT2D eigenvalue weighted by Gasteiger charge is 2.32. The van der Waals surface area contributed by atoms with Crippen LogP contribution in [0.3, 0.4) is 0 Å². The van der Waals surface area contributed by atoms with E-state index < -0.39 is 0 Å². The van der Waals surface area contributed by atoms with E-state index in [1.54, 1.807) is 0 Å². The molecule has 1 aromatic heterocycles. The zero-order valence-electron chi connectivity index (χ0n) is 9.62. The maximum absolute atomic E-state index is 5.82. The van der Waals surface area contributed by atoms with Crippen molar-refractivity contribution in [3.05, 3.63) is 21.9 Å². The van der Waals surface area contributed by atoms with Crippen molar-refractivity contribution in [1.82, 2.24) is 5.32 Å². The van der Waals surface area contributed by atoms with Gasteiger partial charge in [-0.05, 0) is 43.3 Å². The molecule has 3 atom stereocenters. The highest BCUT2D eigenvalue weighted by Crippen LogP contribution is 2.32. The Hall–Kier alpha value is -0.380. The van der Waals surface area contributed by atoms with Gasteiger partial charge >= 0.3 is 0 Å². The first kappa shape index (κ1) is 11.1. The van der Waals surface area contributed by atoms with Gasteiger partial charge in [0.1, 0.15) is 0 Å². The van der Waals surface area contributed by atoms with Gasteiger partial charge in [0, 0.05) is 11.5 Å². The summed E-state index contributed by atoms with van der Waals surface area (Å²) in [4.78, 5) is 1.37. The molecule has 0 saturated carbocycles. The minimum atomic E-state index is 0.337. The van der Waals surface area contributed by atoms with Crippen molar-refractivity contribution in [3.63, 3.8) is 0 Å². The standard InChI is InChI=1S/C12H19NOS/c1-8-4-5-14-12(8)11(13-3)10-6-9(2)15-7-10/h6-8,11-13H,4-5H2,1-3H3. The number of thiophene rings is 1. The fraction of sp³-hybridized carbons (Fsp3) is 0.667. The number of hydrogen-bond acceptors (Lipinski definition) is 3. The summed E-state index contributed by atoms with van der Waals surface area (Å²) in [6.07, 6.45) is 1.52. The molecule has 0 spiro atoms. The molecule has 1 aliphatic heterocycles. The molecular weight excluding hydrogens is 206 g/mol. The Labute approximate surface area is 95.6 Å². The lowest BCUT2D eigenvalue weighted by Crippen LogP contribution is -2.32. The second-order valence-corrected chi connectivity index (χ2v) is 5.47. The van der Waals surface area contributed by atoms with Gasteiger partial charge in [-0.15, -0.1) is 11.3 Å². The zero-order valence-corrected chi connectivity index (χ0v) is 10.4. The quantitative estimate of drug-likeness (QED) is 0.854. The molecule has 0 bridgehead atoms. The topological polar surface area (TPSA) is 21.3 Å². The van der Waals surface area contributed by atoms with Crippen LogP contribution >= 0.6 is 11.3 Å². The molecule has 1 fully saturated rings. The lowest BCUT2D eigenvalue weighted by Gasteiger charge is -2.25. The summed E-state index contributed by atoms with van der Waals surface area (Å²) in [5.74, 6) is 0.655. The van der Waals surface area contributed by atoms with Gasteiger partial charge in [0.15, 0.2) is 0 Å². The second kappa shape index (κ2) is 4.64. The predicted octanol–water partition coefficient (Wildman–Crippen LogP) is 2.74. The maximum atomic E-state index is 5.82. The van der Waals surface area contributed by atoms with E-state index in [4.69, 9.17) is 4.74 Å². The van der Waals surface area contributed by atoms with Crippen molar-refractivity contribution in [2.24, 2.45) is 5.92 Å². The van der Waals surface area contributed by atoms with Crippen molar-refractivity contribution in [2.45, 2.75) is 32.4 Å². The number of aryl methyl sites for hydroxylation is 1. The van der Waals surface area contributed by atoms with Gasteiger partial charge in [-0.2, -0.15) is 0 Å². The Balaban J connectivity index is 2.16. The molecule has 0 radical (unpaired) electrons. The van der Waals surface area contributed by atoms with Gasteiger partial charge in [0.05, 0.1) is 12.1 Å². The normalized spacial score (nSPS) is 28.2. The first-order valence-corrected chi connectivity index (χ1v) is 6.44. The average molecular weight is 225 g/mol. The Morgan fingerprint density at radius 1 is 1.60 bits per heavy atom. The van der Waals surface area contributed by atoms with Crippen LogP contribution in [0.1, 0.15) is 29.8 Å². The van der Waals surface area contributed by atoms with Crippen LogP contribution in [0.25, 0.3) is 0 Å². The minimum Gasteiger partial charge on any atom is -0.376 e. The monoisotopic (exact) mass is 225 g/mol. The van der Waals surface area contributed by atoms with Crippen LogP contribution in [0.4, 0.5) is 0 Å². The molecule has 3 unspecified atom stereocenters. The number of nitrogens with one attached hydrogen (secondary N) is 1. The molecule has 15 heavy (non-hydrogen) atoms. The molecule has 3 heteroatoms. The molecule has 0 amide bonds. The van der Waals surface area contributed by atoms with E-state index in [1.807, 2.05) is 18.4 Å². The molecule has 2 heterocycles. The SMILES string of the molecule is CNC(c1csc(C)c1)C1OCCC1C. The van der Waals surface area contributed by atoms with Gasteiger partial charge in [0.2, 0.25) is 0 Å². The summed E-state index contributed by atoms with van der Waals surface area (Å²) < 4.78 is 5.82. The Bertz CT molecular complexity index is 323. The highest BCUT2D eigenvalue weighted by atomic mass is 32.1. The van der Waals surface area contributed by atoms with Crippen LogP contribution in [0.2, 0.25) is 0 Å². The molecule has 2 rings (SSSR count). The number of likely N-dealkylation sites (N-methyl/N-ethyl adjacent to an activating group) is 1. The molecule has 84 valence electrons. The van der Waals surface area contributed by atoms with E-state index in [0.717, 1.165) is 6.61 Å². The van der Waals surface area contributed by atoms with Crippen molar-refractivity contribution in [1.29, 1.82) is 0 Å². The predicted molar refractivity (Wildman–Crippen MR) is 64.4 cm³/mol. The largest absolute Gasteiger partial charge is 0.376 e. The first-order chi connectivity index (χ1) is 7.22. The summed E-state index contributed by atoms with van der Waals surface area (Å²) >= 11 is 1.81. The van der Waals surface area contributed by atoms with E-state index in [9.17, 15) is 0 Å². The van der Waals surface area contributed by atoms with E-state index in [0.29, 0.717) is 18.1 Å². The third-order valence-electron chi connectivity index (χ3n) is 3.19. The number of hydrogen-bond donors (Lipinski definition) is 1. The Morgan fingerprint density at radius 3 is 2.87 bits per heavy atom. The van der Waals surface area contributed by atoms with E-state index in [-0.39, 0.29) is 0 Å². The Kier molecular flexibility index (Phi) is 3.44. The highest BCUT2D eigenvalue weighted by molar-refractivity contribution is 7.10. The molecule has 1 saturated heterocycles. The number of ether oxygens (including phenoxy) is 1. The van der Waals surface area contributed by atoms with E-state index in [1.165, 1.54) is 16.9 Å². The molecule has 1 N–H and O–H groups in total. The molecule has 0 aliphatic carbocycles. The minimum absolute atomic E-state index is 0.337. The van der Waals surface area contributed by atoms with Crippen molar-refractivity contribution < 1.29 is 4.74 Å². The van der Waals surface area contributed by atoms with Gasteiger partial charge in [-0.25, -0.2) is 0 Å². The van der Waals surface area contributed by atoms with Crippen LogP contribution in [0.5, 0.6) is 0 Å². The molecule has 1 aromatic rings. The summed E-state index contributed by atoms with van der Waals surface area (Å²) in [6, 6.07) is 2.62. The van der Waals surface area contributed by atoms with Crippen LogP contribution in [0.15, 0.2) is 11.4 Å². The van der Waals surface area contributed by atoms with E-state index in [2.05, 4.69) is 30.6 Å². The smallest absolute Gasteiger partial charge is 0.0796 e. The third-order valence-corrected chi connectivity index (χ3v) is 4.07. The van der Waals surface area contributed by atoms with Gasteiger partial charge in [-0.1, -0.05) is 6.92 Å². The van der Waals surface area contributed by atoms with Crippen molar-refractivity contribution in [2.75, 3.05) is 13.7 Å². The lowest BCUT2D eigenvalue weighted by molar-refractivity contribution is 0.0632. The van der Waals surface area contributed by atoms with Crippen LogP contribution in [-0.4, -0.2) is 19.8 Å². The fourth-order valence-corrected chi connectivity index (χ4v) is 3.03. The lowest BCUT2D eigenvalue weighted by atomic mass is 9.94. The average Bonchev–Trinajstić information content (AvgIpc) is 2.79. The van der Waals surface area contributed by atoms with Crippen LogP contribution in [0, 0.1) is 12.8 Å². The first-order valence-electron chi connectivity index (χ1n) is 5.56. The molecule has 1 aliphatic rings. The summed E-state index contributed by atoms with van der Waals surface area (Å²) in [7, 11) is 2.02. The summed E-state index contributed by atoms with van der Waals surface area (Å²) in [5, 5.41) is 5.63. The van der Waals surface area contributed by atoms with Crippen molar-refractivity contribution in [3.8, 4) is 0 Å². The van der Waals surface area contributed by atoms with Crippen molar-refractivity contribution >= 4 is 11.3 Å². The fourth-order valence-electron chi connectivity index (χ4n) is 2.29. The van der Waals surface area contributed by atoms with Gasteiger partial charge in [-0.3, -0.25) is 0 Å². The maximum Gasteiger partial charge on any atom is 0.0796 e. The Morgan fingerprint density at radius 2 is 2.40 bits per heavy atom. The van der Waals surface area contributed by atoms with Crippen LogP contribution in [-0.2, 0) is 4.74 Å². The zero-order chi connectivity index (χ0) is 10.8. The van der Waals surface area contributed by atoms with Gasteiger partial charge < -0.3 is 10.1 Å². The third kappa shape index (κ3) is 2.25. The van der Waals surface area contributed by atoms with Gasteiger partial charge in [0.25, 0.3) is 0 Å². The van der Waals surface area contributed by atoms with Crippen LogP contribution < -0.4 is 5.32 Å². The molecular formula is C12H19NOS.